The van der Waals surface area contributed by atoms with Crippen molar-refractivity contribution < 1.29 is 13.9 Å². The first kappa shape index (κ1) is 21.3. The number of oxazole rings is 1. The average Bonchev–Trinajstić information content (AvgIpc) is 3.26. The van der Waals surface area contributed by atoms with E-state index in [0.29, 0.717) is 35.7 Å². The molecule has 0 unspecified atom stereocenters. The maximum Gasteiger partial charge on any atom is 0.232 e. The number of ether oxygens (including phenoxy) is 2. The molecule has 0 aliphatic carbocycles. The second-order valence-electron chi connectivity index (χ2n) is 6.91. The van der Waals surface area contributed by atoms with Gasteiger partial charge in [0, 0.05) is 22.7 Å². The maximum atomic E-state index is 9.43. The van der Waals surface area contributed by atoms with Gasteiger partial charge in [-0.2, -0.15) is 10.2 Å². The predicted octanol–water partition coefficient (Wildman–Crippen LogP) is 6.07. The van der Waals surface area contributed by atoms with Crippen LogP contribution < -0.4 is 14.8 Å². The number of benzene rings is 3. The van der Waals surface area contributed by atoms with Gasteiger partial charge in [-0.1, -0.05) is 41.9 Å². The number of nitrogens with one attached hydrogen (secondary N) is 1. The van der Waals surface area contributed by atoms with Crippen molar-refractivity contribution in [3.8, 4) is 29.0 Å². The number of nitriles is 1. The minimum Gasteiger partial charge on any atom is -0.497 e. The molecule has 0 atom stereocenters. The number of aromatic nitrogens is 1. The molecule has 0 saturated heterocycles. The molecule has 160 valence electrons. The first-order valence-corrected chi connectivity index (χ1v) is 10.3. The molecule has 0 saturated carbocycles. The summed E-state index contributed by atoms with van der Waals surface area (Å²) in [6, 6.07) is 24.6. The lowest BCUT2D eigenvalue weighted by Crippen LogP contribution is -1.99. The number of nitrogens with zero attached hydrogens (tertiary/aromatic N) is 2. The summed E-state index contributed by atoms with van der Waals surface area (Å²) >= 11 is 6.17. The van der Waals surface area contributed by atoms with Gasteiger partial charge in [0.25, 0.3) is 0 Å². The quantitative estimate of drug-likeness (QED) is 0.354. The molecule has 32 heavy (non-hydrogen) atoms. The molecule has 0 bridgehead atoms. The summed E-state index contributed by atoms with van der Waals surface area (Å²) < 4.78 is 16.8. The Morgan fingerprint density at radius 3 is 2.41 bits per heavy atom. The summed E-state index contributed by atoms with van der Waals surface area (Å²) in [5, 5.41) is 13.2. The summed E-state index contributed by atoms with van der Waals surface area (Å²) in [7, 11) is 1.63. The van der Waals surface area contributed by atoms with Gasteiger partial charge in [-0.15, -0.1) is 0 Å². The van der Waals surface area contributed by atoms with Gasteiger partial charge in [0.05, 0.1) is 7.11 Å². The first-order valence-electron chi connectivity index (χ1n) is 9.90. The third-order valence-electron chi connectivity index (χ3n) is 4.80. The second kappa shape index (κ2) is 9.90. The first-order chi connectivity index (χ1) is 15.7. The summed E-state index contributed by atoms with van der Waals surface area (Å²) in [6.07, 6.45) is 0. The molecule has 4 aromatic rings. The van der Waals surface area contributed by atoms with Gasteiger partial charge in [0.2, 0.25) is 17.5 Å². The van der Waals surface area contributed by atoms with Crippen LogP contribution in [0, 0.1) is 11.3 Å². The molecule has 1 heterocycles. The monoisotopic (exact) mass is 445 g/mol. The van der Waals surface area contributed by atoms with Crippen LogP contribution in [0.15, 0.2) is 77.2 Å². The number of anilines is 1. The average molecular weight is 446 g/mol. The number of hydrogen-bond donors (Lipinski definition) is 1. The molecule has 3 aromatic carbocycles. The summed E-state index contributed by atoms with van der Waals surface area (Å²) in [6.45, 7) is 0.859. The van der Waals surface area contributed by atoms with E-state index in [2.05, 4.69) is 16.4 Å². The molecular weight excluding hydrogens is 426 g/mol. The highest BCUT2D eigenvalue weighted by Crippen LogP contribution is 2.28. The molecule has 0 aliphatic heterocycles. The standard InChI is InChI=1S/C25H20ClN3O3/c1-30-20-10-6-17(7-11-20)15-28-25-23(14-27)29-24(32-25)18-8-12-21(13-9-18)31-16-19-4-2-3-5-22(19)26/h2-13,28H,15-16H2,1H3. The van der Waals surface area contributed by atoms with Crippen molar-refractivity contribution >= 4 is 17.5 Å². The fourth-order valence-electron chi connectivity index (χ4n) is 3.04. The third kappa shape index (κ3) is 5.02. The highest BCUT2D eigenvalue weighted by atomic mass is 35.5. The van der Waals surface area contributed by atoms with Crippen molar-refractivity contribution in [3.63, 3.8) is 0 Å². The van der Waals surface area contributed by atoms with Crippen LogP contribution in [0.3, 0.4) is 0 Å². The van der Waals surface area contributed by atoms with Gasteiger partial charge < -0.3 is 19.2 Å². The molecule has 0 amide bonds. The van der Waals surface area contributed by atoms with E-state index >= 15 is 0 Å². The van der Waals surface area contributed by atoms with Gasteiger partial charge in [0.15, 0.2) is 0 Å². The lowest BCUT2D eigenvalue weighted by molar-refractivity contribution is 0.306. The van der Waals surface area contributed by atoms with E-state index in [0.717, 1.165) is 22.4 Å². The van der Waals surface area contributed by atoms with Crippen molar-refractivity contribution in [1.82, 2.24) is 4.98 Å². The molecule has 7 heteroatoms. The van der Waals surface area contributed by atoms with E-state index in [1.807, 2.05) is 72.8 Å². The highest BCUT2D eigenvalue weighted by molar-refractivity contribution is 6.31. The molecule has 0 radical (unpaired) electrons. The molecule has 0 spiro atoms. The molecule has 0 aliphatic rings. The Kier molecular flexibility index (Phi) is 6.59. The fourth-order valence-corrected chi connectivity index (χ4v) is 3.23. The normalized spacial score (nSPS) is 10.4. The number of hydrogen-bond acceptors (Lipinski definition) is 6. The Morgan fingerprint density at radius 2 is 1.72 bits per heavy atom. The van der Waals surface area contributed by atoms with Gasteiger partial charge in [0.1, 0.15) is 24.2 Å². The Hall–Kier alpha value is -3.95. The largest absolute Gasteiger partial charge is 0.497 e. The summed E-state index contributed by atoms with van der Waals surface area (Å²) in [5.41, 5.74) is 2.88. The van der Waals surface area contributed by atoms with Crippen molar-refractivity contribution in [3.05, 3.63) is 94.6 Å². The minimum atomic E-state index is 0.201. The molecule has 1 N–H and O–H groups in total. The maximum absolute atomic E-state index is 9.43. The van der Waals surface area contributed by atoms with Gasteiger partial charge in [-0.25, -0.2) is 0 Å². The molecule has 4 rings (SSSR count). The highest BCUT2D eigenvalue weighted by Gasteiger charge is 2.14. The Labute approximate surface area is 191 Å². The van der Waals surface area contributed by atoms with E-state index < -0.39 is 0 Å². The van der Waals surface area contributed by atoms with E-state index in [1.54, 1.807) is 7.11 Å². The molecular formula is C25H20ClN3O3. The zero-order valence-electron chi connectivity index (χ0n) is 17.3. The second-order valence-corrected chi connectivity index (χ2v) is 7.32. The van der Waals surface area contributed by atoms with Crippen LogP contribution in [0.1, 0.15) is 16.8 Å². The van der Waals surface area contributed by atoms with E-state index in [-0.39, 0.29) is 5.69 Å². The number of halogens is 1. The van der Waals surface area contributed by atoms with Crippen LogP contribution in [-0.4, -0.2) is 12.1 Å². The summed E-state index contributed by atoms with van der Waals surface area (Å²) in [5.74, 6) is 2.17. The van der Waals surface area contributed by atoms with Crippen LogP contribution in [-0.2, 0) is 13.2 Å². The Bertz CT molecular complexity index is 1230. The predicted molar refractivity (Wildman–Crippen MR) is 123 cm³/mol. The molecule has 0 fully saturated rings. The van der Waals surface area contributed by atoms with Crippen LogP contribution >= 0.6 is 11.6 Å². The number of rotatable bonds is 8. The van der Waals surface area contributed by atoms with Crippen LogP contribution in [0.5, 0.6) is 11.5 Å². The topological polar surface area (TPSA) is 80.3 Å². The van der Waals surface area contributed by atoms with Crippen LogP contribution in [0.4, 0.5) is 5.88 Å². The molecule has 1 aromatic heterocycles. The van der Waals surface area contributed by atoms with Crippen molar-refractivity contribution in [1.29, 1.82) is 5.26 Å². The Balaban J connectivity index is 1.42. The van der Waals surface area contributed by atoms with E-state index in [1.165, 1.54) is 0 Å². The van der Waals surface area contributed by atoms with Gasteiger partial charge >= 0.3 is 0 Å². The van der Waals surface area contributed by atoms with E-state index in [9.17, 15) is 5.26 Å². The van der Waals surface area contributed by atoms with Gasteiger partial charge in [-0.3, -0.25) is 0 Å². The third-order valence-corrected chi connectivity index (χ3v) is 5.17. The smallest absolute Gasteiger partial charge is 0.232 e. The lowest BCUT2D eigenvalue weighted by Gasteiger charge is -2.08. The Morgan fingerprint density at radius 1 is 1.00 bits per heavy atom. The van der Waals surface area contributed by atoms with E-state index in [4.69, 9.17) is 25.5 Å². The fraction of sp³-hybridized carbons (Fsp3) is 0.120. The van der Waals surface area contributed by atoms with Gasteiger partial charge in [-0.05, 0) is 48.0 Å². The minimum absolute atomic E-state index is 0.201. The molecule has 6 nitrogen and oxygen atoms in total. The van der Waals surface area contributed by atoms with Crippen LogP contribution in [0.25, 0.3) is 11.5 Å². The van der Waals surface area contributed by atoms with Crippen LogP contribution in [0.2, 0.25) is 5.02 Å². The zero-order chi connectivity index (χ0) is 22.3. The van der Waals surface area contributed by atoms with Crippen molar-refractivity contribution in [2.75, 3.05) is 12.4 Å². The summed E-state index contributed by atoms with van der Waals surface area (Å²) in [4.78, 5) is 4.30. The van der Waals surface area contributed by atoms with Crippen molar-refractivity contribution in [2.45, 2.75) is 13.2 Å². The van der Waals surface area contributed by atoms with Crippen molar-refractivity contribution in [2.24, 2.45) is 0 Å². The lowest BCUT2D eigenvalue weighted by atomic mass is 10.2. The SMILES string of the molecule is COc1ccc(CNc2oc(-c3ccc(OCc4ccccc4Cl)cc3)nc2C#N)cc1. The zero-order valence-corrected chi connectivity index (χ0v) is 18.1. The number of methoxy groups -OCH3 is 1.